The number of aliphatic hydroxyl groups is 1. The third kappa shape index (κ3) is 4.12. The Morgan fingerprint density at radius 1 is 1.43 bits per heavy atom. The number of aromatic nitrogens is 2. The van der Waals surface area contributed by atoms with Gasteiger partial charge in [-0.25, -0.2) is 9.97 Å². The van der Waals surface area contributed by atoms with Crippen LogP contribution in [0.4, 0.5) is 5.13 Å². The monoisotopic (exact) mass is 309 g/mol. The van der Waals surface area contributed by atoms with Crippen molar-refractivity contribution in [2.45, 2.75) is 45.6 Å². The predicted molar refractivity (Wildman–Crippen MR) is 80.3 cm³/mol. The zero-order chi connectivity index (χ0) is 15.6. The van der Waals surface area contributed by atoms with Crippen molar-refractivity contribution in [3.8, 4) is 0 Å². The summed E-state index contributed by atoms with van der Waals surface area (Å²) in [5, 5.41) is 13.3. The standard InChI is InChI=1S/C14H19N3O3S/c1-8(18)17-13-16-6-9(21-13)5-10(19)12-15-7-11(20-12)14(2,3)4/h6-7,10,19H,5H2,1-4H3,(H,16,17,18). The van der Waals surface area contributed by atoms with E-state index in [0.29, 0.717) is 17.4 Å². The van der Waals surface area contributed by atoms with E-state index in [2.05, 4.69) is 15.3 Å². The minimum absolute atomic E-state index is 0.145. The minimum Gasteiger partial charge on any atom is -0.442 e. The molecule has 0 aliphatic rings. The second-order valence-corrected chi connectivity index (χ2v) is 6.96. The maximum absolute atomic E-state index is 10.9. The second kappa shape index (κ2) is 5.95. The van der Waals surface area contributed by atoms with Gasteiger partial charge in [-0.05, 0) is 0 Å². The fourth-order valence-electron chi connectivity index (χ4n) is 1.68. The van der Waals surface area contributed by atoms with E-state index in [1.54, 1.807) is 12.4 Å². The maximum Gasteiger partial charge on any atom is 0.223 e. The summed E-state index contributed by atoms with van der Waals surface area (Å²) in [6.45, 7) is 7.49. The van der Waals surface area contributed by atoms with E-state index in [-0.39, 0.29) is 11.3 Å². The van der Waals surface area contributed by atoms with Gasteiger partial charge in [0, 0.05) is 29.8 Å². The Kier molecular flexibility index (Phi) is 4.43. The molecule has 0 saturated carbocycles. The Bertz CT molecular complexity index is 627. The van der Waals surface area contributed by atoms with Gasteiger partial charge in [-0.2, -0.15) is 0 Å². The average Bonchev–Trinajstić information content (AvgIpc) is 2.96. The van der Waals surface area contributed by atoms with Crippen LogP contribution >= 0.6 is 11.3 Å². The van der Waals surface area contributed by atoms with Crippen LogP contribution in [0.5, 0.6) is 0 Å². The molecule has 0 radical (unpaired) electrons. The van der Waals surface area contributed by atoms with Crippen molar-refractivity contribution in [3.63, 3.8) is 0 Å². The Hall–Kier alpha value is -1.73. The summed E-state index contributed by atoms with van der Waals surface area (Å²) in [5.41, 5.74) is -0.145. The summed E-state index contributed by atoms with van der Waals surface area (Å²) in [5.74, 6) is 0.869. The summed E-state index contributed by atoms with van der Waals surface area (Å²) in [7, 11) is 0. The van der Waals surface area contributed by atoms with Gasteiger partial charge >= 0.3 is 0 Å². The Labute approximate surface area is 127 Å². The van der Waals surface area contributed by atoms with E-state index >= 15 is 0 Å². The summed E-state index contributed by atoms with van der Waals surface area (Å²) in [6.07, 6.45) is 2.80. The number of thiazole rings is 1. The SMILES string of the molecule is CC(=O)Nc1ncc(CC(O)c2ncc(C(C)(C)C)o2)s1. The number of oxazole rings is 1. The van der Waals surface area contributed by atoms with Crippen LogP contribution in [0.15, 0.2) is 16.8 Å². The number of amides is 1. The van der Waals surface area contributed by atoms with Crippen molar-refractivity contribution in [1.29, 1.82) is 0 Å². The lowest BCUT2D eigenvalue weighted by Gasteiger charge is -2.13. The average molecular weight is 309 g/mol. The molecule has 0 fully saturated rings. The summed E-state index contributed by atoms with van der Waals surface area (Å²) in [6, 6.07) is 0. The third-order valence-electron chi connectivity index (χ3n) is 2.78. The normalized spacial score (nSPS) is 13.2. The molecule has 0 aliphatic carbocycles. The molecule has 0 bridgehead atoms. The van der Waals surface area contributed by atoms with Crippen molar-refractivity contribution in [1.82, 2.24) is 9.97 Å². The van der Waals surface area contributed by atoms with Crippen molar-refractivity contribution in [2.75, 3.05) is 5.32 Å². The molecule has 6 nitrogen and oxygen atoms in total. The lowest BCUT2D eigenvalue weighted by atomic mass is 9.94. The molecule has 2 aromatic rings. The molecule has 21 heavy (non-hydrogen) atoms. The quantitative estimate of drug-likeness (QED) is 0.906. The molecule has 0 spiro atoms. The van der Waals surface area contributed by atoms with Crippen LogP contribution in [-0.2, 0) is 16.6 Å². The van der Waals surface area contributed by atoms with Crippen LogP contribution < -0.4 is 5.32 Å². The molecule has 2 aromatic heterocycles. The molecule has 0 aromatic carbocycles. The summed E-state index contributed by atoms with van der Waals surface area (Å²) < 4.78 is 5.61. The number of hydrogen-bond acceptors (Lipinski definition) is 6. The number of hydrogen-bond donors (Lipinski definition) is 2. The van der Waals surface area contributed by atoms with Crippen LogP contribution in [0, 0.1) is 0 Å². The van der Waals surface area contributed by atoms with Gasteiger partial charge < -0.3 is 14.8 Å². The van der Waals surface area contributed by atoms with Crippen LogP contribution in [0.25, 0.3) is 0 Å². The second-order valence-electron chi connectivity index (χ2n) is 5.85. The third-order valence-corrected chi connectivity index (χ3v) is 3.71. The van der Waals surface area contributed by atoms with Gasteiger partial charge in [0.15, 0.2) is 5.13 Å². The van der Waals surface area contributed by atoms with E-state index in [1.807, 2.05) is 20.8 Å². The fourth-order valence-corrected chi connectivity index (χ4v) is 2.57. The molecule has 2 heterocycles. The molecular formula is C14H19N3O3S. The highest BCUT2D eigenvalue weighted by molar-refractivity contribution is 7.15. The van der Waals surface area contributed by atoms with Crippen molar-refractivity contribution in [3.05, 3.63) is 28.9 Å². The molecule has 2 rings (SSSR count). The highest BCUT2D eigenvalue weighted by Gasteiger charge is 2.22. The zero-order valence-electron chi connectivity index (χ0n) is 12.5. The molecule has 7 heteroatoms. The van der Waals surface area contributed by atoms with E-state index in [1.165, 1.54) is 18.3 Å². The Balaban J connectivity index is 2.04. The van der Waals surface area contributed by atoms with Crippen molar-refractivity contribution in [2.24, 2.45) is 0 Å². The van der Waals surface area contributed by atoms with Gasteiger partial charge in [-0.1, -0.05) is 20.8 Å². The summed E-state index contributed by atoms with van der Waals surface area (Å²) in [4.78, 5) is 20.0. The first-order chi connectivity index (χ1) is 9.75. The van der Waals surface area contributed by atoms with Crippen LogP contribution in [0.2, 0.25) is 0 Å². The molecule has 1 amide bonds. The fraction of sp³-hybridized carbons (Fsp3) is 0.500. The molecule has 114 valence electrons. The highest BCUT2D eigenvalue weighted by Crippen LogP contribution is 2.28. The zero-order valence-corrected chi connectivity index (χ0v) is 13.3. The van der Waals surface area contributed by atoms with Crippen molar-refractivity contribution < 1.29 is 14.3 Å². The largest absolute Gasteiger partial charge is 0.442 e. The number of rotatable bonds is 4. The first-order valence-electron chi connectivity index (χ1n) is 6.62. The lowest BCUT2D eigenvalue weighted by Crippen LogP contribution is -2.09. The van der Waals surface area contributed by atoms with Crippen LogP contribution in [-0.4, -0.2) is 21.0 Å². The van der Waals surface area contributed by atoms with Crippen molar-refractivity contribution >= 4 is 22.4 Å². The van der Waals surface area contributed by atoms with Gasteiger partial charge in [0.25, 0.3) is 0 Å². The number of anilines is 1. The first-order valence-corrected chi connectivity index (χ1v) is 7.44. The van der Waals surface area contributed by atoms with E-state index < -0.39 is 6.10 Å². The lowest BCUT2D eigenvalue weighted by molar-refractivity contribution is -0.114. The molecule has 0 saturated heterocycles. The summed E-state index contributed by atoms with van der Waals surface area (Å²) >= 11 is 1.32. The number of carbonyl (C=O) groups is 1. The number of carbonyl (C=O) groups excluding carboxylic acids is 1. The molecule has 1 unspecified atom stereocenters. The van der Waals surface area contributed by atoms with Gasteiger partial charge in [0.1, 0.15) is 11.9 Å². The smallest absolute Gasteiger partial charge is 0.223 e. The Morgan fingerprint density at radius 3 is 2.71 bits per heavy atom. The van der Waals surface area contributed by atoms with Gasteiger partial charge in [-0.15, -0.1) is 11.3 Å². The molecular weight excluding hydrogens is 290 g/mol. The predicted octanol–water partition coefficient (Wildman–Crippen LogP) is 2.66. The Morgan fingerprint density at radius 2 is 2.14 bits per heavy atom. The number of nitrogens with one attached hydrogen (secondary N) is 1. The first kappa shape index (κ1) is 15.7. The molecule has 1 atom stereocenters. The maximum atomic E-state index is 10.9. The van der Waals surface area contributed by atoms with Crippen LogP contribution in [0.3, 0.4) is 0 Å². The number of aliphatic hydroxyl groups excluding tert-OH is 1. The van der Waals surface area contributed by atoms with Gasteiger partial charge in [0.2, 0.25) is 11.8 Å². The van der Waals surface area contributed by atoms with E-state index in [0.717, 1.165) is 10.6 Å². The van der Waals surface area contributed by atoms with Gasteiger partial charge in [-0.3, -0.25) is 4.79 Å². The minimum atomic E-state index is -0.827. The molecule has 0 aliphatic heterocycles. The van der Waals surface area contributed by atoms with E-state index in [9.17, 15) is 9.90 Å². The topological polar surface area (TPSA) is 88.2 Å². The van der Waals surface area contributed by atoms with E-state index in [4.69, 9.17) is 4.42 Å². The highest BCUT2D eigenvalue weighted by atomic mass is 32.1. The number of nitrogens with zero attached hydrogens (tertiary/aromatic N) is 2. The molecule has 2 N–H and O–H groups in total. The van der Waals surface area contributed by atoms with Crippen LogP contribution in [0.1, 0.15) is 50.3 Å². The van der Waals surface area contributed by atoms with Gasteiger partial charge in [0.05, 0.1) is 6.20 Å².